The van der Waals surface area contributed by atoms with Gasteiger partial charge in [-0.25, -0.2) is 0 Å². The van der Waals surface area contributed by atoms with Gasteiger partial charge in [-0.05, 0) is 55.3 Å². The van der Waals surface area contributed by atoms with Crippen molar-refractivity contribution in [2.45, 2.75) is 13.8 Å². The first-order valence-electron chi connectivity index (χ1n) is 9.09. The quantitative estimate of drug-likeness (QED) is 0.587. The normalized spacial score (nSPS) is 10.3. The van der Waals surface area contributed by atoms with Gasteiger partial charge in [-0.2, -0.15) is 0 Å². The van der Waals surface area contributed by atoms with Gasteiger partial charge >= 0.3 is 0 Å². The first-order valence-corrected chi connectivity index (χ1v) is 9.46. The van der Waals surface area contributed by atoms with Gasteiger partial charge in [0, 0.05) is 16.4 Å². The lowest BCUT2D eigenvalue weighted by atomic mass is 10.1. The van der Waals surface area contributed by atoms with Crippen molar-refractivity contribution in [2.75, 3.05) is 17.2 Å². The van der Waals surface area contributed by atoms with E-state index in [1.165, 1.54) is 6.07 Å². The molecule has 0 saturated heterocycles. The van der Waals surface area contributed by atoms with Crippen molar-refractivity contribution in [1.29, 1.82) is 0 Å². The third kappa shape index (κ3) is 5.36. The molecule has 0 bridgehead atoms. The van der Waals surface area contributed by atoms with E-state index in [1.54, 1.807) is 24.3 Å². The van der Waals surface area contributed by atoms with Gasteiger partial charge in [0.05, 0.1) is 5.56 Å². The van der Waals surface area contributed by atoms with Crippen molar-refractivity contribution in [3.63, 3.8) is 0 Å². The summed E-state index contributed by atoms with van der Waals surface area (Å²) in [6.07, 6.45) is 0. The summed E-state index contributed by atoms with van der Waals surface area (Å²) in [6.45, 7) is 3.62. The van der Waals surface area contributed by atoms with Gasteiger partial charge < -0.3 is 15.4 Å². The minimum atomic E-state index is -0.371. The van der Waals surface area contributed by atoms with Crippen LogP contribution >= 0.6 is 11.6 Å². The summed E-state index contributed by atoms with van der Waals surface area (Å²) in [5.41, 5.74) is 3.59. The summed E-state index contributed by atoms with van der Waals surface area (Å²) >= 11 is 6.05. The molecule has 29 heavy (non-hydrogen) atoms. The van der Waals surface area contributed by atoms with Crippen molar-refractivity contribution in [1.82, 2.24) is 0 Å². The number of aryl methyl sites for hydroxylation is 2. The highest BCUT2D eigenvalue weighted by Crippen LogP contribution is 2.25. The number of hydrogen-bond donors (Lipinski definition) is 2. The second-order valence-electron chi connectivity index (χ2n) is 6.56. The molecule has 5 nitrogen and oxygen atoms in total. The van der Waals surface area contributed by atoms with Gasteiger partial charge in [-0.15, -0.1) is 0 Å². The summed E-state index contributed by atoms with van der Waals surface area (Å²) in [5.74, 6) is -0.407. The number of anilines is 2. The van der Waals surface area contributed by atoms with Crippen LogP contribution in [0.3, 0.4) is 0 Å². The molecule has 0 atom stereocenters. The van der Waals surface area contributed by atoms with E-state index >= 15 is 0 Å². The first-order chi connectivity index (χ1) is 13.9. The van der Waals surface area contributed by atoms with Gasteiger partial charge in [0.2, 0.25) is 0 Å². The molecule has 0 fully saturated rings. The zero-order chi connectivity index (χ0) is 20.8. The van der Waals surface area contributed by atoms with E-state index in [9.17, 15) is 9.59 Å². The number of rotatable bonds is 6. The van der Waals surface area contributed by atoms with E-state index in [0.29, 0.717) is 10.7 Å². The van der Waals surface area contributed by atoms with Crippen molar-refractivity contribution < 1.29 is 14.3 Å². The standard InChI is InChI=1S/C23H21ClN2O3/c1-15-7-6-8-16(2)22(15)26-21(27)14-29-20-12-11-17(24)13-19(20)23(28)25-18-9-4-3-5-10-18/h3-13H,14H2,1-2H3,(H,25,28)(H,26,27). The molecule has 3 aromatic rings. The summed E-state index contributed by atoms with van der Waals surface area (Å²) in [5, 5.41) is 6.05. The largest absolute Gasteiger partial charge is 0.483 e. The average molecular weight is 409 g/mol. The topological polar surface area (TPSA) is 67.4 Å². The molecule has 3 aromatic carbocycles. The smallest absolute Gasteiger partial charge is 0.262 e. The number of nitrogens with one attached hydrogen (secondary N) is 2. The first kappa shape index (κ1) is 20.4. The van der Waals surface area contributed by atoms with Crippen LogP contribution in [-0.4, -0.2) is 18.4 Å². The summed E-state index contributed by atoms with van der Waals surface area (Å²) in [4.78, 5) is 25.0. The molecule has 0 spiro atoms. The Balaban J connectivity index is 1.71. The molecule has 0 aliphatic carbocycles. The predicted molar refractivity (Wildman–Crippen MR) is 116 cm³/mol. The van der Waals surface area contributed by atoms with E-state index in [2.05, 4.69) is 10.6 Å². The number of amides is 2. The number of carbonyl (C=O) groups is 2. The molecule has 0 aliphatic rings. The lowest BCUT2D eigenvalue weighted by Gasteiger charge is -2.14. The fraction of sp³-hybridized carbons (Fsp3) is 0.130. The highest BCUT2D eigenvalue weighted by Gasteiger charge is 2.16. The second kappa shape index (κ2) is 9.26. The minimum Gasteiger partial charge on any atom is -0.483 e. The lowest BCUT2D eigenvalue weighted by molar-refractivity contribution is -0.118. The number of halogens is 1. The van der Waals surface area contributed by atoms with Crippen molar-refractivity contribution in [2.24, 2.45) is 0 Å². The van der Waals surface area contributed by atoms with Crippen LogP contribution in [0.5, 0.6) is 5.75 Å². The molecular weight excluding hydrogens is 388 g/mol. The second-order valence-corrected chi connectivity index (χ2v) is 7.00. The molecule has 0 aromatic heterocycles. The minimum absolute atomic E-state index is 0.235. The zero-order valence-corrected chi connectivity index (χ0v) is 16.9. The molecule has 0 aliphatic heterocycles. The van der Waals surface area contributed by atoms with Crippen LogP contribution in [0.15, 0.2) is 66.7 Å². The maximum Gasteiger partial charge on any atom is 0.262 e. The van der Waals surface area contributed by atoms with Gasteiger partial charge in [0.1, 0.15) is 5.75 Å². The summed E-state index contributed by atoms with van der Waals surface area (Å²) < 4.78 is 5.63. The number of benzene rings is 3. The van der Waals surface area contributed by atoms with Crippen molar-refractivity contribution >= 4 is 34.8 Å². The van der Waals surface area contributed by atoms with E-state index in [4.69, 9.17) is 16.3 Å². The highest BCUT2D eigenvalue weighted by molar-refractivity contribution is 6.31. The molecule has 2 N–H and O–H groups in total. The van der Waals surface area contributed by atoms with Crippen LogP contribution in [0.2, 0.25) is 5.02 Å². The zero-order valence-electron chi connectivity index (χ0n) is 16.2. The molecule has 0 heterocycles. The Hall–Kier alpha value is -3.31. The monoisotopic (exact) mass is 408 g/mol. The van der Waals surface area contributed by atoms with Gasteiger partial charge in [-0.1, -0.05) is 48.0 Å². The van der Waals surface area contributed by atoms with Crippen molar-refractivity contribution in [3.8, 4) is 5.75 Å². The average Bonchev–Trinajstić information content (AvgIpc) is 2.70. The Kier molecular flexibility index (Phi) is 6.52. The van der Waals surface area contributed by atoms with Crippen LogP contribution in [0.1, 0.15) is 21.5 Å². The SMILES string of the molecule is Cc1cccc(C)c1NC(=O)COc1ccc(Cl)cc1C(=O)Nc1ccccc1. The van der Waals surface area contributed by atoms with Gasteiger partial charge in [0.25, 0.3) is 11.8 Å². The Labute approximate surface area is 174 Å². The number of carbonyl (C=O) groups excluding carboxylic acids is 2. The Morgan fingerprint density at radius 1 is 0.897 bits per heavy atom. The molecule has 148 valence electrons. The van der Waals surface area contributed by atoms with Gasteiger partial charge in [-0.3, -0.25) is 9.59 Å². The van der Waals surface area contributed by atoms with E-state index in [-0.39, 0.29) is 29.7 Å². The Morgan fingerprint density at radius 2 is 1.59 bits per heavy atom. The van der Waals surface area contributed by atoms with Crippen LogP contribution in [0, 0.1) is 13.8 Å². The van der Waals surface area contributed by atoms with E-state index in [1.807, 2.05) is 50.2 Å². The number of hydrogen-bond acceptors (Lipinski definition) is 3. The third-order valence-corrected chi connectivity index (χ3v) is 4.56. The van der Waals surface area contributed by atoms with Gasteiger partial charge in [0.15, 0.2) is 6.61 Å². The molecule has 0 radical (unpaired) electrons. The summed E-state index contributed by atoms with van der Waals surface area (Å²) in [6, 6.07) is 19.5. The molecular formula is C23H21ClN2O3. The maximum absolute atomic E-state index is 12.7. The van der Waals surface area contributed by atoms with Crippen LogP contribution in [-0.2, 0) is 4.79 Å². The molecule has 2 amide bonds. The fourth-order valence-electron chi connectivity index (χ4n) is 2.86. The van der Waals surface area contributed by atoms with Crippen LogP contribution in [0.4, 0.5) is 11.4 Å². The number of ether oxygens (including phenoxy) is 1. The van der Waals surface area contributed by atoms with Crippen LogP contribution in [0.25, 0.3) is 0 Å². The number of para-hydroxylation sites is 2. The summed E-state index contributed by atoms with van der Waals surface area (Å²) in [7, 11) is 0. The Bertz CT molecular complexity index is 1020. The van der Waals surface area contributed by atoms with Crippen LogP contribution < -0.4 is 15.4 Å². The molecule has 6 heteroatoms. The predicted octanol–water partition coefficient (Wildman–Crippen LogP) is 5.23. The molecule has 0 unspecified atom stereocenters. The van der Waals surface area contributed by atoms with E-state index in [0.717, 1.165) is 16.8 Å². The van der Waals surface area contributed by atoms with E-state index < -0.39 is 0 Å². The lowest BCUT2D eigenvalue weighted by Crippen LogP contribution is -2.22. The maximum atomic E-state index is 12.7. The Morgan fingerprint density at radius 3 is 2.28 bits per heavy atom. The molecule has 3 rings (SSSR count). The third-order valence-electron chi connectivity index (χ3n) is 4.32. The fourth-order valence-corrected chi connectivity index (χ4v) is 3.03. The van der Waals surface area contributed by atoms with Crippen molar-refractivity contribution in [3.05, 3.63) is 88.4 Å². The molecule has 0 saturated carbocycles. The highest BCUT2D eigenvalue weighted by atomic mass is 35.5.